The van der Waals surface area contributed by atoms with Crippen LogP contribution in [-0.4, -0.2) is 46.5 Å². The average molecular weight is 361 g/mol. The molecular formula is C14H15F4N5O2. The van der Waals surface area contributed by atoms with Gasteiger partial charge in [0.1, 0.15) is 12.0 Å². The van der Waals surface area contributed by atoms with Gasteiger partial charge in [-0.3, -0.25) is 0 Å². The smallest absolute Gasteiger partial charge is 0.368 e. The van der Waals surface area contributed by atoms with Crippen molar-refractivity contribution in [1.82, 2.24) is 20.1 Å². The molecule has 0 atom stereocenters. The SMILES string of the molecule is COC1(c2nc(CC(F)(F)F)no2)CCN(c2ncc(F)cn2)CC1. The van der Waals surface area contributed by atoms with Crippen LogP contribution in [-0.2, 0) is 16.8 Å². The van der Waals surface area contributed by atoms with Crippen molar-refractivity contribution in [3.05, 3.63) is 29.9 Å². The van der Waals surface area contributed by atoms with Crippen LogP contribution in [0, 0.1) is 5.82 Å². The molecule has 1 aliphatic rings. The van der Waals surface area contributed by atoms with Crippen LogP contribution in [0.3, 0.4) is 0 Å². The van der Waals surface area contributed by atoms with Gasteiger partial charge in [0.2, 0.25) is 5.95 Å². The lowest BCUT2D eigenvalue weighted by molar-refractivity contribution is -0.128. The number of aromatic nitrogens is 4. The van der Waals surface area contributed by atoms with E-state index in [1.54, 1.807) is 0 Å². The van der Waals surface area contributed by atoms with E-state index in [2.05, 4.69) is 20.1 Å². The van der Waals surface area contributed by atoms with Gasteiger partial charge in [-0.05, 0) is 0 Å². The molecule has 0 N–H and O–H groups in total. The molecule has 1 aliphatic heterocycles. The van der Waals surface area contributed by atoms with E-state index in [1.165, 1.54) is 7.11 Å². The minimum absolute atomic E-state index is 0.0222. The van der Waals surface area contributed by atoms with Gasteiger partial charge in [0.25, 0.3) is 5.89 Å². The summed E-state index contributed by atoms with van der Waals surface area (Å²) in [6.45, 7) is 0.882. The third-order valence-electron chi connectivity index (χ3n) is 4.07. The Kier molecular flexibility index (Phi) is 4.58. The van der Waals surface area contributed by atoms with E-state index in [-0.39, 0.29) is 5.89 Å². The predicted molar refractivity (Wildman–Crippen MR) is 76.2 cm³/mol. The Bertz CT molecular complexity index is 711. The lowest BCUT2D eigenvalue weighted by atomic mass is 9.91. The second-order valence-electron chi connectivity index (χ2n) is 5.69. The molecule has 1 saturated heterocycles. The summed E-state index contributed by atoms with van der Waals surface area (Å²) in [6.07, 6.45) is -2.75. The number of rotatable bonds is 4. The highest BCUT2D eigenvalue weighted by Crippen LogP contribution is 2.36. The fourth-order valence-electron chi connectivity index (χ4n) is 2.73. The van der Waals surface area contributed by atoms with Crippen molar-refractivity contribution >= 4 is 5.95 Å². The molecule has 2 aromatic heterocycles. The highest BCUT2D eigenvalue weighted by atomic mass is 19.4. The van der Waals surface area contributed by atoms with E-state index >= 15 is 0 Å². The van der Waals surface area contributed by atoms with Crippen molar-refractivity contribution in [2.45, 2.75) is 31.0 Å². The normalized spacial score (nSPS) is 17.7. The molecule has 0 bridgehead atoms. The van der Waals surface area contributed by atoms with Crippen LogP contribution in [0.1, 0.15) is 24.6 Å². The topological polar surface area (TPSA) is 77.2 Å². The van der Waals surface area contributed by atoms with Crippen LogP contribution in [0.4, 0.5) is 23.5 Å². The number of halogens is 4. The van der Waals surface area contributed by atoms with Gasteiger partial charge in [0.05, 0.1) is 12.4 Å². The average Bonchev–Trinajstić information content (AvgIpc) is 3.03. The number of ether oxygens (including phenoxy) is 1. The van der Waals surface area contributed by atoms with Crippen LogP contribution < -0.4 is 4.90 Å². The zero-order chi connectivity index (χ0) is 18.1. The van der Waals surface area contributed by atoms with Gasteiger partial charge in [0.15, 0.2) is 11.6 Å². The Morgan fingerprint density at radius 1 is 1.24 bits per heavy atom. The number of anilines is 1. The molecule has 3 heterocycles. The van der Waals surface area contributed by atoms with Crippen LogP contribution >= 0.6 is 0 Å². The molecule has 0 aliphatic carbocycles. The maximum Gasteiger partial charge on any atom is 0.396 e. The standard InChI is InChI=1S/C14H15F4N5O2/c1-24-13(11-21-10(22-25-11)6-14(16,17)18)2-4-23(5-3-13)12-19-7-9(15)8-20-12/h7-8H,2-6H2,1H3. The summed E-state index contributed by atoms with van der Waals surface area (Å²) in [6, 6.07) is 0. The number of nitrogens with zero attached hydrogens (tertiary/aromatic N) is 5. The fourth-order valence-corrected chi connectivity index (χ4v) is 2.73. The molecule has 0 radical (unpaired) electrons. The van der Waals surface area contributed by atoms with E-state index in [9.17, 15) is 17.6 Å². The van der Waals surface area contributed by atoms with Crippen molar-refractivity contribution in [2.24, 2.45) is 0 Å². The lowest BCUT2D eigenvalue weighted by Gasteiger charge is -2.38. The zero-order valence-corrected chi connectivity index (χ0v) is 13.3. The van der Waals surface area contributed by atoms with Crippen molar-refractivity contribution in [1.29, 1.82) is 0 Å². The monoisotopic (exact) mass is 361 g/mol. The van der Waals surface area contributed by atoms with Crippen LogP contribution in [0.2, 0.25) is 0 Å². The van der Waals surface area contributed by atoms with E-state index in [0.29, 0.717) is 31.9 Å². The summed E-state index contributed by atoms with van der Waals surface area (Å²) in [5, 5.41) is 3.39. The lowest BCUT2D eigenvalue weighted by Crippen LogP contribution is -2.44. The molecule has 0 amide bonds. The Labute approximate surface area is 140 Å². The maximum absolute atomic E-state index is 12.9. The number of alkyl halides is 3. The van der Waals surface area contributed by atoms with Gasteiger partial charge in [0, 0.05) is 33.0 Å². The molecule has 136 valence electrons. The van der Waals surface area contributed by atoms with Gasteiger partial charge < -0.3 is 14.2 Å². The maximum atomic E-state index is 12.9. The highest BCUT2D eigenvalue weighted by molar-refractivity contribution is 5.30. The van der Waals surface area contributed by atoms with E-state index in [1.807, 2.05) is 4.90 Å². The molecule has 1 fully saturated rings. The van der Waals surface area contributed by atoms with Gasteiger partial charge in [-0.2, -0.15) is 18.2 Å². The first kappa shape index (κ1) is 17.5. The van der Waals surface area contributed by atoms with Crippen LogP contribution in [0.25, 0.3) is 0 Å². The second kappa shape index (κ2) is 6.54. The van der Waals surface area contributed by atoms with E-state index in [0.717, 1.165) is 12.4 Å². The largest absolute Gasteiger partial charge is 0.396 e. The van der Waals surface area contributed by atoms with Crippen LogP contribution in [0.15, 0.2) is 16.9 Å². The van der Waals surface area contributed by atoms with E-state index < -0.39 is 29.8 Å². The number of piperidine rings is 1. The molecule has 3 rings (SSSR count). The van der Waals surface area contributed by atoms with Gasteiger partial charge in [-0.25, -0.2) is 14.4 Å². The zero-order valence-electron chi connectivity index (χ0n) is 13.3. The first-order valence-electron chi connectivity index (χ1n) is 7.49. The molecule has 7 nitrogen and oxygen atoms in total. The number of methoxy groups -OCH3 is 1. The van der Waals surface area contributed by atoms with Crippen molar-refractivity contribution in [2.75, 3.05) is 25.1 Å². The third kappa shape index (κ3) is 3.86. The molecule has 0 spiro atoms. The Hall–Kier alpha value is -2.30. The minimum atomic E-state index is -4.41. The minimum Gasteiger partial charge on any atom is -0.368 e. The number of hydrogen-bond acceptors (Lipinski definition) is 7. The fraction of sp³-hybridized carbons (Fsp3) is 0.571. The summed E-state index contributed by atoms with van der Waals surface area (Å²) in [5.74, 6) is -0.568. The van der Waals surface area contributed by atoms with E-state index in [4.69, 9.17) is 9.26 Å². The molecule has 2 aromatic rings. The Morgan fingerprint density at radius 2 is 1.88 bits per heavy atom. The van der Waals surface area contributed by atoms with Gasteiger partial charge in [-0.15, -0.1) is 0 Å². The molecule has 11 heteroatoms. The summed E-state index contributed by atoms with van der Waals surface area (Å²) >= 11 is 0. The summed E-state index contributed by atoms with van der Waals surface area (Å²) in [5.41, 5.74) is -0.965. The van der Waals surface area contributed by atoms with Crippen molar-refractivity contribution in [3.8, 4) is 0 Å². The highest BCUT2D eigenvalue weighted by Gasteiger charge is 2.42. The molecule has 0 saturated carbocycles. The van der Waals surface area contributed by atoms with Gasteiger partial charge in [-0.1, -0.05) is 5.16 Å². The summed E-state index contributed by atoms with van der Waals surface area (Å²) < 4.78 is 60.7. The molecule has 25 heavy (non-hydrogen) atoms. The molecule has 0 unspecified atom stereocenters. The first-order chi connectivity index (χ1) is 11.8. The van der Waals surface area contributed by atoms with Crippen molar-refractivity contribution < 1.29 is 26.8 Å². The Balaban J connectivity index is 1.72. The molecular weight excluding hydrogens is 346 g/mol. The predicted octanol–water partition coefficient (Wildman–Crippen LogP) is 2.25. The summed E-state index contributed by atoms with van der Waals surface area (Å²) in [7, 11) is 1.44. The molecule has 0 aromatic carbocycles. The first-order valence-corrected chi connectivity index (χ1v) is 7.49. The van der Waals surface area contributed by atoms with Gasteiger partial charge >= 0.3 is 6.18 Å². The quantitative estimate of drug-likeness (QED) is 0.773. The third-order valence-corrected chi connectivity index (χ3v) is 4.07. The Morgan fingerprint density at radius 3 is 2.44 bits per heavy atom. The summed E-state index contributed by atoms with van der Waals surface area (Å²) in [4.78, 5) is 13.5. The van der Waals surface area contributed by atoms with Crippen LogP contribution in [0.5, 0.6) is 0 Å². The second-order valence-corrected chi connectivity index (χ2v) is 5.69. The van der Waals surface area contributed by atoms with Crippen molar-refractivity contribution in [3.63, 3.8) is 0 Å². The number of hydrogen-bond donors (Lipinski definition) is 0.